The average molecular weight is 817 g/mol. The van der Waals surface area contributed by atoms with E-state index in [1.165, 1.54) is 4.31 Å². The van der Waals surface area contributed by atoms with Gasteiger partial charge in [0, 0.05) is 31.2 Å². The highest BCUT2D eigenvalue weighted by Crippen LogP contribution is 2.41. The number of aryl methyl sites for hydroxylation is 4. The van der Waals surface area contributed by atoms with Crippen molar-refractivity contribution in [1.29, 1.82) is 0 Å². The van der Waals surface area contributed by atoms with E-state index in [4.69, 9.17) is 18.4 Å². The van der Waals surface area contributed by atoms with Crippen molar-refractivity contribution in [3.8, 4) is 11.5 Å². The lowest BCUT2D eigenvalue weighted by molar-refractivity contribution is -0.143. The zero-order valence-electron chi connectivity index (χ0n) is 34.4. The number of rotatable bonds is 17. The van der Waals surface area contributed by atoms with Crippen LogP contribution in [0.4, 0.5) is 0 Å². The van der Waals surface area contributed by atoms with Crippen molar-refractivity contribution in [3.05, 3.63) is 153 Å². The molecule has 1 aliphatic heterocycles. The summed E-state index contributed by atoms with van der Waals surface area (Å²) in [7, 11) is -4.16. The summed E-state index contributed by atoms with van der Waals surface area (Å²) in [5.74, 6) is 0.252. The van der Waals surface area contributed by atoms with Crippen LogP contribution in [0.2, 0.25) is 0 Å². The maximum Gasteiger partial charge on any atom is 0.386 e. The van der Waals surface area contributed by atoms with Gasteiger partial charge in [-0.2, -0.15) is 12.7 Å². The quantitative estimate of drug-likeness (QED) is 0.0655. The van der Waals surface area contributed by atoms with Crippen molar-refractivity contribution in [2.45, 2.75) is 92.1 Å². The van der Waals surface area contributed by atoms with E-state index in [1.54, 1.807) is 13.0 Å². The van der Waals surface area contributed by atoms with Crippen molar-refractivity contribution in [2.24, 2.45) is 0 Å². The number of aromatic nitrogens is 3. The second-order valence-corrected chi connectivity index (χ2v) is 16.6. The zero-order chi connectivity index (χ0) is 41.5. The van der Waals surface area contributed by atoms with Crippen molar-refractivity contribution in [2.75, 3.05) is 13.2 Å². The number of carbonyl (C=O) groups excluding carboxylic acids is 1. The number of nitrogens with zero attached hydrogens (tertiary/aromatic N) is 4. The molecule has 11 nitrogen and oxygen atoms in total. The molecule has 0 spiro atoms. The summed E-state index contributed by atoms with van der Waals surface area (Å²) in [4.78, 5) is 13.2. The molecule has 308 valence electrons. The molecule has 1 aromatic heterocycles. The number of unbranched alkanes of at least 4 members (excludes halogenated alkanes) is 1. The first-order valence-electron chi connectivity index (χ1n) is 20.2. The van der Waals surface area contributed by atoms with Crippen molar-refractivity contribution in [1.82, 2.24) is 19.3 Å². The maximum atomic E-state index is 13.8. The summed E-state index contributed by atoms with van der Waals surface area (Å²) in [5.41, 5.74) is 9.70. The van der Waals surface area contributed by atoms with Gasteiger partial charge < -0.3 is 18.4 Å². The van der Waals surface area contributed by atoms with Gasteiger partial charge in [0.2, 0.25) is 0 Å². The number of hydrogen-bond acceptors (Lipinski definition) is 9. The fraction of sp³-hybridized carbons (Fsp3) is 0.340. The molecule has 1 unspecified atom stereocenters. The van der Waals surface area contributed by atoms with E-state index in [0.29, 0.717) is 43.4 Å². The number of benzene rings is 5. The summed E-state index contributed by atoms with van der Waals surface area (Å²) in [6.07, 6.45) is 1.87. The molecule has 0 saturated carbocycles. The van der Waals surface area contributed by atoms with Crippen LogP contribution >= 0.6 is 0 Å². The van der Waals surface area contributed by atoms with Gasteiger partial charge in [0.15, 0.2) is 5.75 Å². The highest BCUT2D eigenvalue weighted by molar-refractivity contribution is 7.84. The first-order valence-corrected chi connectivity index (χ1v) is 21.6. The second-order valence-electron chi connectivity index (χ2n) is 15.1. The Morgan fingerprint density at radius 1 is 0.847 bits per heavy atom. The summed E-state index contributed by atoms with van der Waals surface area (Å²) in [6.45, 7) is 12.2. The van der Waals surface area contributed by atoms with Gasteiger partial charge in [0.25, 0.3) is 0 Å². The van der Waals surface area contributed by atoms with Gasteiger partial charge in [-0.3, -0.25) is 4.79 Å². The van der Waals surface area contributed by atoms with E-state index >= 15 is 0 Å². The van der Waals surface area contributed by atoms with Gasteiger partial charge in [0.1, 0.15) is 17.9 Å². The standard InChI is InChI=1S/C47H52N4O7S/c1-6-56-45(52)28-43(41-21-22-44-46(34(41)4)48-49-50(44)23-13-14-24-55-30-36-15-9-7-10-16-36)38-20-19-32(2)42(27-38)35(5)51-29-39-26-40(57-31-37-17-11-8-12-18-37)25-33(3)47(39)58-59(51,53)54/h7-12,15-22,25-27,35,43H,6,13-14,23-24,28-31H2,1-5H3/t35-,43?/m1/s1. The van der Waals surface area contributed by atoms with Crippen LogP contribution in [0.3, 0.4) is 0 Å². The average Bonchev–Trinajstić information content (AvgIpc) is 3.65. The van der Waals surface area contributed by atoms with E-state index in [0.717, 1.165) is 68.4 Å². The summed E-state index contributed by atoms with van der Waals surface area (Å²) < 4.78 is 54.1. The van der Waals surface area contributed by atoms with Crippen LogP contribution in [0.15, 0.2) is 103 Å². The predicted octanol–water partition coefficient (Wildman–Crippen LogP) is 9.22. The normalized spacial score (nSPS) is 14.7. The number of carbonyl (C=O) groups is 1. The van der Waals surface area contributed by atoms with Crippen LogP contribution in [0.5, 0.6) is 11.5 Å². The van der Waals surface area contributed by atoms with Gasteiger partial charge in [-0.05, 0) is 110 Å². The van der Waals surface area contributed by atoms with E-state index in [9.17, 15) is 13.2 Å². The predicted molar refractivity (Wildman–Crippen MR) is 227 cm³/mol. The first-order chi connectivity index (χ1) is 28.5. The molecule has 2 atom stereocenters. The molecule has 1 aliphatic rings. The van der Waals surface area contributed by atoms with Crippen LogP contribution in [0, 0.1) is 20.8 Å². The number of esters is 1. The molecule has 0 fully saturated rings. The molecule has 12 heteroatoms. The molecular formula is C47H52N4O7S. The lowest BCUT2D eigenvalue weighted by atomic mass is 9.83. The van der Waals surface area contributed by atoms with E-state index < -0.39 is 16.3 Å². The summed E-state index contributed by atoms with van der Waals surface area (Å²) >= 11 is 0. The van der Waals surface area contributed by atoms with Gasteiger partial charge in [0.05, 0.1) is 31.2 Å². The van der Waals surface area contributed by atoms with Crippen molar-refractivity contribution < 1.29 is 31.6 Å². The van der Waals surface area contributed by atoms with Gasteiger partial charge in [-0.25, -0.2) is 4.68 Å². The molecule has 0 amide bonds. The molecule has 0 N–H and O–H groups in total. The van der Waals surface area contributed by atoms with E-state index in [1.807, 2.05) is 117 Å². The lowest BCUT2D eigenvalue weighted by Crippen LogP contribution is -2.40. The number of ether oxygens (including phenoxy) is 3. The Balaban J connectivity index is 1.12. The monoisotopic (exact) mass is 816 g/mol. The van der Waals surface area contributed by atoms with Crippen molar-refractivity contribution >= 4 is 27.3 Å². The number of hydrogen-bond donors (Lipinski definition) is 0. The molecule has 59 heavy (non-hydrogen) atoms. The van der Waals surface area contributed by atoms with Gasteiger partial charge in [-0.15, -0.1) is 5.10 Å². The molecule has 0 saturated heterocycles. The Labute approximate surface area is 347 Å². The minimum atomic E-state index is -4.16. The molecule has 6 aromatic rings. The molecular weight excluding hydrogens is 765 g/mol. The molecule has 0 radical (unpaired) electrons. The van der Waals surface area contributed by atoms with Crippen LogP contribution in [-0.2, 0) is 50.9 Å². The molecule has 0 aliphatic carbocycles. The Kier molecular flexibility index (Phi) is 13.1. The summed E-state index contributed by atoms with van der Waals surface area (Å²) in [5, 5.41) is 9.09. The maximum absolute atomic E-state index is 13.8. The minimum Gasteiger partial charge on any atom is -0.489 e. The topological polar surface area (TPSA) is 122 Å². The SMILES string of the molecule is CCOC(=O)CC(c1ccc(C)c([C@@H](C)N2Cc3cc(OCc4ccccc4)cc(C)c3OS2(=O)=O)c1)c1ccc2c(nnn2CCCCOCc2ccccc2)c1C. The molecule has 0 bridgehead atoms. The molecule has 7 rings (SSSR count). The Morgan fingerprint density at radius 3 is 2.31 bits per heavy atom. The minimum absolute atomic E-state index is 0.0950. The largest absolute Gasteiger partial charge is 0.489 e. The third-order valence-electron chi connectivity index (χ3n) is 11.0. The highest BCUT2D eigenvalue weighted by Gasteiger charge is 2.38. The van der Waals surface area contributed by atoms with E-state index in [-0.39, 0.29) is 31.5 Å². The molecule has 2 heterocycles. The Bertz CT molecular complexity index is 2510. The van der Waals surface area contributed by atoms with Crippen LogP contribution in [-0.4, -0.2) is 46.9 Å². The fourth-order valence-electron chi connectivity index (χ4n) is 7.83. The van der Waals surface area contributed by atoms with Crippen molar-refractivity contribution in [3.63, 3.8) is 0 Å². The third kappa shape index (κ3) is 9.67. The van der Waals surface area contributed by atoms with Gasteiger partial charge in [-0.1, -0.05) is 90.1 Å². The second kappa shape index (κ2) is 18.6. The van der Waals surface area contributed by atoms with Crippen LogP contribution < -0.4 is 8.92 Å². The van der Waals surface area contributed by atoms with Gasteiger partial charge >= 0.3 is 16.3 Å². The highest BCUT2D eigenvalue weighted by atomic mass is 32.2. The first kappa shape index (κ1) is 41.6. The summed E-state index contributed by atoms with van der Waals surface area (Å²) in [6, 6.07) is 33.2. The van der Waals surface area contributed by atoms with Crippen LogP contribution in [0.1, 0.15) is 95.1 Å². The third-order valence-corrected chi connectivity index (χ3v) is 12.4. The Hall–Kier alpha value is -5.56. The smallest absolute Gasteiger partial charge is 0.386 e. The number of fused-ring (bicyclic) bond motifs is 2. The molecule has 5 aromatic carbocycles. The zero-order valence-corrected chi connectivity index (χ0v) is 35.2. The lowest BCUT2D eigenvalue weighted by Gasteiger charge is -2.34. The van der Waals surface area contributed by atoms with E-state index in [2.05, 4.69) is 22.4 Å². The Morgan fingerprint density at radius 2 is 1.58 bits per heavy atom. The van der Waals surface area contributed by atoms with Crippen LogP contribution in [0.25, 0.3) is 11.0 Å². The fourth-order valence-corrected chi connectivity index (χ4v) is 9.18.